The molecule has 5 heterocycles. The maximum Gasteiger partial charge on any atom is 0.140 e. The zero-order valence-corrected chi connectivity index (χ0v) is 36.7. The molecule has 0 aliphatic carbocycles. The Morgan fingerprint density at radius 3 is 1.36 bits per heavy atom. The van der Waals surface area contributed by atoms with Gasteiger partial charge in [0.15, 0.2) is 0 Å². The van der Waals surface area contributed by atoms with Crippen LogP contribution in [-0.4, -0.2) is 23.3 Å². The summed E-state index contributed by atoms with van der Waals surface area (Å²) in [4.78, 5) is 5.55. The number of fused-ring (bicyclic) bond motifs is 12. The van der Waals surface area contributed by atoms with E-state index >= 15 is 0 Å². The van der Waals surface area contributed by atoms with Gasteiger partial charge in [0.05, 0.1) is 83.1 Å². The third-order valence-electron chi connectivity index (χ3n) is 13.5. The average Bonchev–Trinajstić information content (AvgIpc) is 1.61. The summed E-state index contributed by atoms with van der Waals surface area (Å²) in [5, 5.41) is 2.88. The highest BCUT2D eigenvalue weighted by molar-refractivity contribution is 6.16. The van der Waals surface area contributed by atoms with Gasteiger partial charge in [-0.05, 0) is 72.2 Å². The molecular formula is C65H41N5. The zero-order valence-electron chi connectivity index (χ0n) is 52.7. The number of aromatic nitrogens is 5. The second kappa shape index (κ2) is 15.0. The Morgan fingerprint density at radius 1 is 0.314 bits per heavy atom. The fraction of sp³-hybridized carbons (Fsp3) is 0. The predicted molar refractivity (Wildman–Crippen MR) is 292 cm³/mol. The number of pyridine rings is 1. The molecule has 0 aliphatic heterocycles. The second-order valence-electron chi connectivity index (χ2n) is 17.1. The molecule has 0 amide bonds. The van der Waals surface area contributed by atoms with E-state index in [0.29, 0.717) is 16.8 Å². The molecule has 0 saturated carbocycles. The molecule has 15 aromatic rings. The predicted octanol–water partition coefficient (Wildman–Crippen LogP) is 16.8. The Kier molecular flexibility index (Phi) is 5.62. The summed E-state index contributed by atoms with van der Waals surface area (Å²) in [6.45, 7) is 0. The summed E-state index contributed by atoms with van der Waals surface area (Å²) in [7, 11) is 0. The maximum absolute atomic E-state index is 9.63. The first-order chi connectivity index (χ1) is 41.4. The molecule has 5 nitrogen and oxygen atoms in total. The molecule has 0 bridgehead atoms. The molecule has 0 atom stereocenters. The minimum absolute atomic E-state index is 0.00341. The highest BCUT2D eigenvalue weighted by Gasteiger charge is 2.26. The second-order valence-corrected chi connectivity index (χ2v) is 17.1. The molecule has 0 aliphatic rings. The van der Waals surface area contributed by atoms with Crippen LogP contribution in [-0.2, 0) is 0 Å². The lowest BCUT2D eigenvalue weighted by molar-refractivity contribution is 1.06. The Labute approximate surface area is 425 Å². The molecule has 0 unspecified atom stereocenters. The maximum atomic E-state index is 9.63. The number of benzene rings is 10. The van der Waals surface area contributed by atoms with E-state index < -0.39 is 96.7 Å². The molecule has 5 aromatic heterocycles. The highest BCUT2D eigenvalue weighted by atomic mass is 15.1. The van der Waals surface area contributed by atoms with E-state index in [-0.39, 0.29) is 60.8 Å². The number of hydrogen-bond donors (Lipinski definition) is 0. The zero-order chi connectivity index (χ0) is 59.8. The molecule has 0 fully saturated rings. The van der Waals surface area contributed by atoms with Gasteiger partial charge in [-0.2, -0.15) is 0 Å². The summed E-state index contributed by atoms with van der Waals surface area (Å²) in [6, 6.07) is 38.9. The smallest absolute Gasteiger partial charge is 0.140 e. The van der Waals surface area contributed by atoms with E-state index in [1.54, 1.807) is 6.07 Å². The first-order valence-corrected chi connectivity index (χ1v) is 22.7. The number of rotatable bonds is 6. The Hall–Kier alpha value is -9.45. The topological polar surface area (TPSA) is 32.6 Å². The molecule has 15 rings (SSSR count). The van der Waals surface area contributed by atoms with E-state index in [2.05, 4.69) is 27.3 Å². The summed E-state index contributed by atoms with van der Waals surface area (Å²) in [6.07, 6.45) is 0. The van der Waals surface area contributed by atoms with Crippen molar-refractivity contribution in [3.8, 4) is 45.3 Å². The number of para-hydroxylation sites is 9. The first kappa shape index (κ1) is 26.2. The molecular weight excluding hydrogens is 851 g/mol. The van der Waals surface area contributed by atoms with Crippen molar-refractivity contribution in [2.24, 2.45) is 0 Å². The van der Waals surface area contributed by atoms with E-state index in [4.69, 9.17) is 16.0 Å². The van der Waals surface area contributed by atoms with Gasteiger partial charge < -0.3 is 13.7 Å². The molecule has 70 heavy (non-hydrogen) atoms. The third kappa shape index (κ3) is 5.51. The number of nitrogens with zero attached hydrogens (tertiary/aromatic N) is 5. The van der Waals surface area contributed by atoms with E-state index in [0.717, 1.165) is 54.9 Å². The lowest BCUT2D eigenvalue weighted by Gasteiger charge is -2.21. The lowest BCUT2D eigenvalue weighted by Crippen LogP contribution is -2.06. The summed E-state index contributed by atoms with van der Waals surface area (Å²) in [5.74, 6) is -0.191. The molecule has 0 spiro atoms. The molecule has 10 aromatic carbocycles. The Bertz CT molecular complexity index is 5180. The van der Waals surface area contributed by atoms with Crippen molar-refractivity contribution in [3.63, 3.8) is 0 Å². The van der Waals surface area contributed by atoms with Gasteiger partial charge in [-0.25, -0.2) is 4.98 Å². The lowest BCUT2D eigenvalue weighted by atomic mass is 9.93. The van der Waals surface area contributed by atoms with E-state index in [9.17, 15) is 11.0 Å². The van der Waals surface area contributed by atoms with Crippen molar-refractivity contribution in [1.82, 2.24) is 23.3 Å². The van der Waals surface area contributed by atoms with Gasteiger partial charge in [0.2, 0.25) is 0 Å². The van der Waals surface area contributed by atoms with Crippen molar-refractivity contribution in [1.29, 1.82) is 0 Å². The summed E-state index contributed by atoms with van der Waals surface area (Å²) < 4.78 is 155. The van der Waals surface area contributed by atoms with Gasteiger partial charge >= 0.3 is 0 Å². The van der Waals surface area contributed by atoms with Crippen molar-refractivity contribution in [2.45, 2.75) is 0 Å². The highest BCUT2D eigenvalue weighted by Crippen LogP contribution is 2.46. The van der Waals surface area contributed by atoms with E-state index in [1.165, 1.54) is 15.2 Å². The van der Waals surface area contributed by atoms with Gasteiger partial charge in [-0.15, -0.1) is 0 Å². The monoisotopic (exact) mass is 907 g/mol. The Balaban J connectivity index is 1.21. The van der Waals surface area contributed by atoms with Crippen molar-refractivity contribution < 1.29 is 21.9 Å². The molecule has 0 saturated heterocycles. The van der Waals surface area contributed by atoms with Gasteiger partial charge in [0, 0.05) is 66.0 Å². The van der Waals surface area contributed by atoms with Gasteiger partial charge in [-0.1, -0.05) is 176 Å². The van der Waals surface area contributed by atoms with Gasteiger partial charge in [-0.3, -0.25) is 4.57 Å². The largest absolute Gasteiger partial charge is 0.309 e. The van der Waals surface area contributed by atoms with Crippen LogP contribution in [0.1, 0.15) is 21.9 Å². The fourth-order valence-electron chi connectivity index (χ4n) is 10.7. The molecule has 0 N–H and O–H groups in total. The average molecular weight is 908 g/mol. The van der Waals surface area contributed by atoms with Crippen LogP contribution in [0.2, 0.25) is 0 Å². The van der Waals surface area contributed by atoms with Crippen molar-refractivity contribution >= 4 is 87.2 Å². The molecule has 326 valence electrons. The quantitative estimate of drug-likeness (QED) is 0.164. The summed E-state index contributed by atoms with van der Waals surface area (Å²) >= 11 is 0. The van der Waals surface area contributed by atoms with Gasteiger partial charge in [0.25, 0.3) is 0 Å². The van der Waals surface area contributed by atoms with Crippen LogP contribution < -0.4 is 0 Å². The molecule has 5 heteroatoms. The first-order valence-electron chi connectivity index (χ1n) is 30.7. The summed E-state index contributed by atoms with van der Waals surface area (Å²) in [5.41, 5.74) is 5.76. The van der Waals surface area contributed by atoms with Crippen LogP contribution in [0.15, 0.2) is 248 Å². The van der Waals surface area contributed by atoms with Crippen LogP contribution in [0.3, 0.4) is 0 Å². The van der Waals surface area contributed by atoms with Gasteiger partial charge in [0.1, 0.15) is 5.82 Å². The molecule has 0 radical (unpaired) electrons. The Morgan fingerprint density at radius 2 is 0.771 bits per heavy atom. The van der Waals surface area contributed by atoms with Crippen LogP contribution in [0.25, 0.3) is 132 Å². The van der Waals surface area contributed by atoms with Crippen LogP contribution in [0, 0.1) is 0 Å². The number of hydrogen-bond acceptors (Lipinski definition) is 1. The normalized spacial score (nSPS) is 15.2. The van der Waals surface area contributed by atoms with Crippen molar-refractivity contribution in [3.05, 3.63) is 248 Å². The van der Waals surface area contributed by atoms with Crippen LogP contribution in [0.5, 0.6) is 0 Å². The fourth-order valence-corrected chi connectivity index (χ4v) is 10.7. The van der Waals surface area contributed by atoms with Crippen molar-refractivity contribution in [2.75, 3.05) is 0 Å². The third-order valence-corrected chi connectivity index (χ3v) is 13.5. The standard InChI is InChI=1S/C65H41N5/c1-2-20-42(21-3-1)68-57-34-13-10-28-50(57)52-30-18-31-53(65(52)68)51-29-19-39-62(69-58-35-14-6-24-46(58)47-25-7-15-36-59(47)69)64(51)54-40-43(67-55-32-11-4-22-44(55)45-23-5-12-33-56(45)67)41-63(66-54)70-60-37-16-8-26-48(60)49-27-9-17-38-61(49)70/h1-41H/i4D,5D,8D,9D,11D,12D,16D,17D,22D,23D,26D,27D,32D,33D,37D,38D. The minimum atomic E-state index is -0.673. The van der Waals surface area contributed by atoms with Crippen LogP contribution in [0.4, 0.5) is 0 Å². The van der Waals surface area contributed by atoms with E-state index in [1.807, 2.05) is 121 Å². The van der Waals surface area contributed by atoms with Crippen LogP contribution >= 0.6 is 0 Å². The minimum Gasteiger partial charge on any atom is -0.309 e. The SMILES string of the molecule is [2H]c1c([2H])c([2H])c2c(c1[2H])c1c([2H])c([2H])c([2H])c([2H])c1n2-c1cc(-c2c(-c3cccc4c5ccccc5n(-c5ccccc5)c34)cccc2-n2c3ccccc3c3ccccc32)nc(-n2c3c([2H])c([2H])c([2H])c([2H])c3c3c([2H])c([2H])c([2H])c([2H])c32)c1.